The third-order valence-electron chi connectivity index (χ3n) is 4.80. The molecule has 1 aliphatic carbocycles. The highest BCUT2D eigenvalue weighted by atomic mass is 14.9. The van der Waals surface area contributed by atoms with E-state index in [1.807, 2.05) is 0 Å². The first-order chi connectivity index (χ1) is 9.81. The number of nitrogens with zero attached hydrogens (tertiary/aromatic N) is 1. The fourth-order valence-electron chi connectivity index (χ4n) is 3.66. The second-order valence-corrected chi connectivity index (χ2v) is 6.31. The largest absolute Gasteiger partial charge is 0.253 e. The number of fused-ring (bicyclic) bond motifs is 2. The van der Waals surface area contributed by atoms with E-state index in [1.54, 1.807) is 11.1 Å². The van der Waals surface area contributed by atoms with Crippen molar-refractivity contribution in [1.82, 2.24) is 5.32 Å². The Labute approximate surface area is 123 Å². The molecule has 0 unspecified atom stereocenters. The molecule has 1 aromatic carbocycles. The molecule has 1 heteroatoms. The van der Waals surface area contributed by atoms with Crippen LogP contribution in [0.25, 0.3) is 5.57 Å². The van der Waals surface area contributed by atoms with Gasteiger partial charge in [0.2, 0.25) is 0 Å². The third kappa shape index (κ3) is 2.51. The van der Waals surface area contributed by atoms with Crippen LogP contribution in [0.3, 0.4) is 0 Å². The number of hydrogen-bond acceptors (Lipinski definition) is 0. The van der Waals surface area contributed by atoms with Crippen LogP contribution >= 0.6 is 0 Å². The first-order valence-corrected chi connectivity index (χ1v) is 8.38. The molecule has 0 amide bonds. The van der Waals surface area contributed by atoms with Gasteiger partial charge in [0.15, 0.2) is 0 Å². The summed E-state index contributed by atoms with van der Waals surface area (Å²) in [6, 6.07) is 4.50. The topological polar surface area (TPSA) is 14.1 Å². The van der Waals surface area contributed by atoms with Crippen LogP contribution in [0.2, 0.25) is 0 Å². The van der Waals surface area contributed by atoms with Crippen molar-refractivity contribution >= 4 is 11.3 Å². The lowest BCUT2D eigenvalue weighted by Crippen LogP contribution is -1.98. The molecular formula is C19H26N. The van der Waals surface area contributed by atoms with Gasteiger partial charge in [0.25, 0.3) is 0 Å². The minimum Gasteiger partial charge on any atom is -0.253 e. The summed E-state index contributed by atoms with van der Waals surface area (Å²) in [6.45, 7) is 4.55. The van der Waals surface area contributed by atoms with Gasteiger partial charge in [-0.2, -0.15) is 0 Å². The van der Waals surface area contributed by atoms with E-state index in [4.69, 9.17) is 5.32 Å². The minimum atomic E-state index is 1.19. The quantitative estimate of drug-likeness (QED) is 0.592. The van der Waals surface area contributed by atoms with E-state index in [9.17, 15) is 0 Å². The van der Waals surface area contributed by atoms with Gasteiger partial charge in [-0.3, -0.25) is 5.32 Å². The molecule has 20 heavy (non-hydrogen) atoms. The third-order valence-corrected chi connectivity index (χ3v) is 4.80. The van der Waals surface area contributed by atoms with Gasteiger partial charge in [-0.25, -0.2) is 0 Å². The highest BCUT2D eigenvalue weighted by molar-refractivity contribution is 5.85. The van der Waals surface area contributed by atoms with E-state index in [0.29, 0.717) is 0 Å². The molecule has 0 atom stereocenters. The van der Waals surface area contributed by atoms with Gasteiger partial charge in [-0.05, 0) is 61.8 Å². The van der Waals surface area contributed by atoms with Gasteiger partial charge < -0.3 is 0 Å². The average molecular weight is 268 g/mol. The van der Waals surface area contributed by atoms with Crippen LogP contribution in [-0.4, -0.2) is 0 Å². The van der Waals surface area contributed by atoms with E-state index in [0.717, 1.165) is 0 Å². The molecule has 1 aromatic rings. The second-order valence-electron chi connectivity index (χ2n) is 6.31. The van der Waals surface area contributed by atoms with Crippen LogP contribution in [0, 0.1) is 6.92 Å². The molecule has 107 valence electrons. The Morgan fingerprint density at radius 2 is 1.90 bits per heavy atom. The molecule has 1 aliphatic heterocycles. The van der Waals surface area contributed by atoms with Crippen LogP contribution in [0.1, 0.15) is 75.0 Å². The summed E-state index contributed by atoms with van der Waals surface area (Å²) in [6.07, 6.45) is 11.8. The van der Waals surface area contributed by atoms with E-state index in [-0.39, 0.29) is 0 Å². The fourth-order valence-corrected chi connectivity index (χ4v) is 3.66. The SMILES string of the molecule is CCCCCCCc1c(C)ccc2c1C1=C(CCC1)[N]2. The second kappa shape index (κ2) is 6.03. The Morgan fingerprint density at radius 3 is 2.75 bits per heavy atom. The summed E-state index contributed by atoms with van der Waals surface area (Å²) in [5, 5.41) is 4.85. The van der Waals surface area contributed by atoms with Crippen molar-refractivity contribution in [3.8, 4) is 0 Å². The predicted molar refractivity (Wildman–Crippen MR) is 86.2 cm³/mol. The normalized spacial score (nSPS) is 16.3. The van der Waals surface area contributed by atoms with Crippen molar-refractivity contribution in [3.05, 3.63) is 34.5 Å². The summed E-state index contributed by atoms with van der Waals surface area (Å²) >= 11 is 0. The van der Waals surface area contributed by atoms with E-state index < -0.39 is 0 Å². The number of allylic oxidation sites excluding steroid dienone is 2. The maximum Gasteiger partial charge on any atom is 0.0711 e. The Balaban J connectivity index is 1.76. The number of unbranched alkanes of at least 4 members (excludes halogenated alkanes) is 4. The van der Waals surface area contributed by atoms with Crippen molar-refractivity contribution in [2.45, 2.75) is 71.6 Å². The molecule has 0 saturated heterocycles. The lowest BCUT2D eigenvalue weighted by atomic mass is 9.91. The van der Waals surface area contributed by atoms with Crippen molar-refractivity contribution in [1.29, 1.82) is 0 Å². The van der Waals surface area contributed by atoms with Gasteiger partial charge in [-0.15, -0.1) is 0 Å². The molecule has 0 fully saturated rings. The molecule has 0 N–H and O–H groups in total. The summed E-state index contributed by atoms with van der Waals surface area (Å²) in [7, 11) is 0. The smallest absolute Gasteiger partial charge is 0.0711 e. The molecule has 0 aromatic heterocycles. The zero-order valence-corrected chi connectivity index (χ0v) is 13.0. The highest BCUT2D eigenvalue weighted by Crippen LogP contribution is 2.46. The van der Waals surface area contributed by atoms with Gasteiger partial charge in [0.1, 0.15) is 0 Å². The first-order valence-electron chi connectivity index (χ1n) is 8.38. The number of hydrogen-bond donors (Lipinski definition) is 0. The lowest BCUT2D eigenvalue weighted by molar-refractivity contribution is 0.631. The van der Waals surface area contributed by atoms with Crippen LogP contribution in [0.5, 0.6) is 0 Å². The van der Waals surface area contributed by atoms with Crippen LogP contribution < -0.4 is 5.32 Å². The highest BCUT2D eigenvalue weighted by Gasteiger charge is 2.29. The maximum absolute atomic E-state index is 4.85. The molecule has 2 aliphatic rings. The molecule has 3 rings (SSSR count). The Bertz CT molecular complexity index is 525. The van der Waals surface area contributed by atoms with E-state index in [2.05, 4.69) is 26.0 Å². The summed E-state index contributed by atoms with van der Waals surface area (Å²) in [5.74, 6) is 0. The lowest BCUT2D eigenvalue weighted by Gasteiger charge is -2.14. The number of benzene rings is 1. The summed E-state index contributed by atoms with van der Waals surface area (Å²) in [4.78, 5) is 0. The van der Waals surface area contributed by atoms with Crippen molar-refractivity contribution in [2.75, 3.05) is 0 Å². The zero-order valence-electron chi connectivity index (χ0n) is 13.0. The average Bonchev–Trinajstić information content (AvgIpc) is 3.01. The molecule has 0 bridgehead atoms. The Kier molecular flexibility index (Phi) is 4.14. The predicted octanol–water partition coefficient (Wildman–Crippen LogP) is 5.65. The van der Waals surface area contributed by atoms with E-state index >= 15 is 0 Å². The van der Waals surface area contributed by atoms with E-state index in [1.165, 1.54) is 80.3 Å². The van der Waals surface area contributed by atoms with Gasteiger partial charge >= 0.3 is 0 Å². The monoisotopic (exact) mass is 268 g/mol. The van der Waals surface area contributed by atoms with Gasteiger partial charge in [0.05, 0.1) is 5.69 Å². The Morgan fingerprint density at radius 1 is 1.05 bits per heavy atom. The molecule has 0 spiro atoms. The van der Waals surface area contributed by atoms with Crippen molar-refractivity contribution in [2.24, 2.45) is 0 Å². The number of rotatable bonds is 6. The molecule has 1 radical (unpaired) electrons. The maximum atomic E-state index is 4.85. The first kappa shape index (κ1) is 13.7. The molecule has 1 heterocycles. The Hall–Kier alpha value is -1.24. The standard InChI is InChI=1S/C19H26N/c1-3-4-5-6-7-9-15-14(2)12-13-18-19(15)16-10-8-11-17(16)20-18/h12-13H,3-11H2,1-2H3. The van der Waals surface area contributed by atoms with Gasteiger partial charge in [0, 0.05) is 11.3 Å². The zero-order chi connectivity index (χ0) is 13.9. The minimum absolute atomic E-state index is 1.19. The van der Waals surface area contributed by atoms with Crippen LogP contribution in [0.15, 0.2) is 17.8 Å². The molecule has 1 nitrogen and oxygen atoms in total. The molecule has 0 saturated carbocycles. The van der Waals surface area contributed by atoms with Crippen molar-refractivity contribution < 1.29 is 0 Å². The van der Waals surface area contributed by atoms with Crippen LogP contribution in [-0.2, 0) is 6.42 Å². The van der Waals surface area contributed by atoms with Crippen LogP contribution in [0.4, 0.5) is 5.69 Å². The fraction of sp³-hybridized carbons (Fsp3) is 0.579. The summed E-state index contributed by atoms with van der Waals surface area (Å²) in [5.41, 5.74) is 8.80. The number of aryl methyl sites for hydroxylation is 1. The van der Waals surface area contributed by atoms with Gasteiger partial charge in [-0.1, -0.05) is 38.7 Å². The summed E-state index contributed by atoms with van der Waals surface area (Å²) < 4.78 is 0. The molecular weight excluding hydrogens is 242 g/mol. The van der Waals surface area contributed by atoms with Crippen molar-refractivity contribution in [3.63, 3.8) is 0 Å².